The van der Waals surface area contributed by atoms with Gasteiger partial charge < -0.3 is 0 Å². The fourth-order valence-electron chi connectivity index (χ4n) is 3.48. The van der Waals surface area contributed by atoms with Crippen LogP contribution in [0.15, 0.2) is 42.7 Å². The molecule has 0 aliphatic heterocycles. The van der Waals surface area contributed by atoms with Gasteiger partial charge in [0.25, 0.3) is 0 Å². The third kappa shape index (κ3) is 4.68. The number of aromatic nitrogens is 8. The minimum atomic E-state index is 0.373. The molecule has 1 atom stereocenters. The second-order valence-corrected chi connectivity index (χ2v) is 7.80. The Hall–Kier alpha value is -3.42. The van der Waals surface area contributed by atoms with Crippen molar-refractivity contribution in [1.82, 2.24) is 40.4 Å². The average molecular weight is 417 g/mol. The van der Waals surface area contributed by atoms with E-state index in [1.54, 1.807) is 6.20 Å². The predicted octanol–water partition coefficient (Wildman–Crippen LogP) is 4.42. The number of benzene rings is 1. The molecule has 0 fully saturated rings. The number of nitrogens with one attached hydrogen (secondary N) is 1. The highest BCUT2D eigenvalue weighted by atomic mass is 15.5. The molecule has 4 aromatic rings. The molecule has 8 nitrogen and oxygen atoms in total. The van der Waals surface area contributed by atoms with Gasteiger partial charge >= 0.3 is 0 Å². The number of pyridine rings is 1. The van der Waals surface area contributed by atoms with E-state index in [0.717, 1.165) is 60.6 Å². The van der Waals surface area contributed by atoms with Gasteiger partial charge in [0.2, 0.25) is 5.82 Å². The van der Waals surface area contributed by atoms with Gasteiger partial charge in [0, 0.05) is 42.4 Å². The van der Waals surface area contributed by atoms with Gasteiger partial charge in [-0.25, -0.2) is 9.67 Å². The summed E-state index contributed by atoms with van der Waals surface area (Å²) in [5.74, 6) is 2.91. The van der Waals surface area contributed by atoms with Crippen LogP contribution in [-0.4, -0.2) is 40.4 Å². The third-order valence-corrected chi connectivity index (χ3v) is 5.58. The van der Waals surface area contributed by atoms with E-state index in [-0.39, 0.29) is 0 Å². The van der Waals surface area contributed by atoms with E-state index in [9.17, 15) is 0 Å². The minimum Gasteiger partial charge on any atom is -0.264 e. The summed E-state index contributed by atoms with van der Waals surface area (Å²) in [5, 5.41) is 19.2. The number of nitrogens with zero attached hydrogens (tertiary/aromatic N) is 7. The van der Waals surface area contributed by atoms with E-state index in [2.05, 4.69) is 75.3 Å². The van der Waals surface area contributed by atoms with Gasteiger partial charge in [-0.05, 0) is 35.2 Å². The first-order chi connectivity index (χ1) is 15.2. The third-order valence-electron chi connectivity index (χ3n) is 5.58. The Morgan fingerprint density at radius 1 is 1.06 bits per heavy atom. The maximum absolute atomic E-state index is 4.87. The van der Waals surface area contributed by atoms with Crippen molar-refractivity contribution in [3.05, 3.63) is 59.9 Å². The predicted molar refractivity (Wildman–Crippen MR) is 119 cm³/mol. The van der Waals surface area contributed by atoms with Crippen molar-refractivity contribution >= 4 is 0 Å². The lowest BCUT2D eigenvalue weighted by Gasteiger charge is -2.08. The Morgan fingerprint density at radius 2 is 1.90 bits per heavy atom. The maximum Gasteiger partial charge on any atom is 0.205 e. The van der Waals surface area contributed by atoms with Crippen molar-refractivity contribution in [3.8, 4) is 22.5 Å². The van der Waals surface area contributed by atoms with Crippen LogP contribution in [-0.2, 0) is 13.0 Å². The van der Waals surface area contributed by atoms with Crippen LogP contribution in [0.3, 0.4) is 0 Å². The molecule has 8 heteroatoms. The zero-order valence-corrected chi connectivity index (χ0v) is 18.3. The highest BCUT2D eigenvalue weighted by Crippen LogP contribution is 2.29. The van der Waals surface area contributed by atoms with Gasteiger partial charge in [-0.1, -0.05) is 51.5 Å². The van der Waals surface area contributed by atoms with E-state index in [0.29, 0.717) is 11.7 Å². The summed E-state index contributed by atoms with van der Waals surface area (Å²) in [6.45, 7) is 7.48. The molecule has 0 radical (unpaired) electrons. The average Bonchev–Trinajstić information content (AvgIpc) is 3.48. The summed E-state index contributed by atoms with van der Waals surface area (Å²) in [5.41, 5.74) is 4.13. The van der Waals surface area contributed by atoms with Crippen molar-refractivity contribution in [2.45, 2.75) is 58.9 Å². The molecule has 1 N–H and O–H groups in total. The van der Waals surface area contributed by atoms with Crippen LogP contribution in [0.5, 0.6) is 0 Å². The Bertz CT molecular complexity index is 1100. The van der Waals surface area contributed by atoms with Crippen LogP contribution in [0.2, 0.25) is 0 Å². The zero-order valence-electron chi connectivity index (χ0n) is 18.3. The fourth-order valence-corrected chi connectivity index (χ4v) is 3.48. The van der Waals surface area contributed by atoms with Gasteiger partial charge in [0.15, 0.2) is 5.82 Å². The van der Waals surface area contributed by atoms with Crippen molar-refractivity contribution in [1.29, 1.82) is 0 Å². The molecule has 0 spiro atoms. The number of H-pyrrole nitrogens is 1. The molecule has 0 amide bonds. The molecule has 3 aromatic heterocycles. The summed E-state index contributed by atoms with van der Waals surface area (Å²) < 4.78 is 2.09. The molecular formula is C23H28N8. The maximum atomic E-state index is 4.87. The molecule has 1 aromatic carbocycles. The first kappa shape index (κ1) is 20.8. The molecule has 4 rings (SSSR count). The van der Waals surface area contributed by atoms with Crippen LogP contribution in [0.25, 0.3) is 22.5 Å². The van der Waals surface area contributed by atoms with E-state index >= 15 is 0 Å². The standard InChI is InChI=1S/C23H28N8/c1-4-6-13-31-21(25-22(28-31)16(3)5-2)14-17-7-9-18(10-8-17)20-15-24-12-11-19(20)23-26-29-30-27-23/h7-12,15-16H,4-6,13-14H2,1-3H3,(H,26,27,29,30). The summed E-state index contributed by atoms with van der Waals surface area (Å²) >= 11 is 0. The molecule has 0 aliphatic rings. The highest BCUT2D eigenvalue weighted by molar-refractivity contribution is 5.79. The topological polar surface area (TPSA) is 98.1 Å². The second-order valence-electron chi connectivity index (χ2n) is 7.80. The number of aromatic amines is 1. The van der Waals surface area contributed by atoms with Crippen LogP contribution in [0.4, 0.5) is 0 Å². The molecule has 1 unspecified atom stereocenters. The first-order valence-electron chi connectivity index (χ1n) is 10.9. The SMILES string of the molecule is CCCCn1nc(C(C)CC)nc1Cc1ccc(-c2cnccc2-c2nn[nH]n2)cc1. The monoisotopic (exact) mass is 416 g/mol. The van der Waals surface area contributed by atoms with Gasteiger partial charge in [0.1, 0.15) is 5.82 Å². The highest BCUT2D eigenvalue weighted by Gasteiger charge is 2.15. The molecule has 0 saturated carbocycles. The van der Waals surface area contributed by atoms with Gasteiger partial charge in [-0.15, -0.1) is 10.2 Å². The lowest BCUT2D eigenvalue weighted by atomic mass is 9.99. The Kier molecular flexibility index (Phi) is 6.45. The zero-order chi connectivity index (χ0) is 21.6. The van der Waals surface area contributed by atoms with Crippen LogP contribution >= 0.6 is 0 Å². The summed E-state index contributed by atoms with van der Waals surface area (Å²) in [4.78, 5) is 9.15. The van der Waals surface area contributed by atoms with Gasteiger partial charge in [-0.3, -0.25) is 4.98 Å². The van der Waals surface area contributed by atoms with Crippen molar-refractivity contribution < 1.29 is 0 Å². The summed E-state index contributed by atoms with van der Waals surface area (Å²) in [7, 11) is 0. The molecular weight excluding hydrogens is 388 g/mol. The number of hydrogen-bond donors (Lipinski definition) is 1. The van der Waals surface area contributed by atoms with Crippen LogP contribution in [0, 0.1) is 0 Å². The van der Waals surface area contributed by atoms with E-state index in [1.165, 1.54) is 5.56 Å². The largest absolute Gasteiger partial charge is 0.264 e. The Morgan fingerprint density at radius 3 is 2.61 bits per heavy atom. The van der Waals surface area contributed by atoms with Crippen molar-refractivity contribution in [2.75, 3.05) is 0 Å². The molecule has 3 heterocycles. The first-order valence-corrected chi connectivity index (χ1v) is 10.9. The number of unbranched alkanes of at least 4 members (excludes halogenated alkanes) is 1. The lowest BCUT2D eigenvalue weighted by molar-refractivity contribution is 0.539. The summed E-state index contributed by atoms with van der Waals surface area (Å²) in [6, 6.07) is 10.4. The van der Waals surface area contributed by atoms with Crippen LogP contribution < -0.4 is 0 Å². The van der Waals surface area contributed by atoms with E-state index in [1.807, 2.05) is 12.3 Å². The Balaban J connectivity index is 1.58. The number of hydrogen-bond acceptors (Lipinski definition) is 6. The summed E-state index contributed by atoms with van der Waals surface area (Å²) in [6.07, 6.45) is 7.62. The molecule has 160 valence electrons. The van der Waals surface area contributed by atoms with Crippen LogP contribution in [0.1, 0.15) is 63.2 Å². The minimum absolute atomic E-state index is 0.373. The molecule has 0 saturated heterocycles. The number of tetrazole rings is 1. The van der Waals surface area contributed by atoms with Gasteiger partial charge in [-0.2, -0.15) is 10.3 Å². The molecule has 31 heavy (non-hydrogen) atoms. The smallest absolute Gasteiger partial charge is 0.205 e. The fraction of sp³-hybridized carbons (Fsp3) is 0.391. The molecule has 0 bridgehead atoms. The lowest BCUT2D eigenvalue weighted by Crippen LogP contribution is -2.06. The quantitative estimate of drug-likeness (QED) is 0.433. The number of aryl methyl sites for hydroxylation is 1. The van der Waals surface area contributed by atoms with E-state index < -0.39 is 0 Å². The van der Waals surface area contributed by atoms with E-state index in [4.69, 9.17) is 10.1 Å². The number of rotatable bonds is 9. The normalized spacial score (nSPS) is 12.2. The van der Waals surface area contributed by atoms with Crippen molar-refractivity contribution in [2.24, 2.45) is 0 Å². The second kappa shape index (κ2) is 9.59. The molecule has 0 aliphatic carbocycles. The van der Waals surface area contributed by atoms with Gasteiger partial charge in [0.05, 0.1) is 0 Å². The Labute approximate surface area is 182 Å². The van der Waals surface area contributed by atoms with Crippen molar-refractivity contribution in [3.63, 3.8) is 0 Å².